The van der Waals surface area contributed by atoms with E-state index in [1.807, 2.05) is 0 Å². The van der Waals surface area contributed by atoms with E-state index in [0.29, 0.717) is 6.61 Å². The van der Waals surface area contributed by atoms with E-state index in [1.54, 1.807) is 7.11 Å². The maximum Gasteiger partial charge on any atom is 0.0629 e. The van der Waals surface area contributed by atoms with E-state index in [1.165, 1.54) is 0 Å². The minimum Gasteiger partial charge on any atom is -0.395 e. The third kappa shape index (κ3) is 3.18. The van der Waals surface area contributed by atoms with Gasteiger partial charge in [-0.1, -0.05) is 0 Å². The predicted molar refractivity (Wildman–Crippen MR) is 53.1 cm³/mol. The lowest BCUT2D eigenvalue weighted by atomic mass is 10.1. The topological polar surface area (TPSA) is 68.0 Å². The Labute approximate surface area is 84.8 Å². The van der Waals surface area contributed by atoms with Crippen molar-refractivity contribution in [3.63, 3.8) is 0 Å². The summed E-state index contributed by atoms with van der Waals surface area (Å²) in [4.78, 5) is 2.16. The van der Waals surface area contributed by atoms with Gasteiger partial charge in [0.2, 0.25) is 0 Å². The number of morpholine rings is 1. The van der Waals surface area contributed by atoms with Crippen LogP contribution in [0.2, 0.25) is 0 Å². The quantitative estimate of drug-likeness (QED) is 0.580. The number of hydrogen-bond donors (Lipinski definition) is 2. The Morgan fingerprint density at radius 3 is 2.64 bits per heavy atom. The van der Waals surface area contributed by atoms with E-state index in [-0.39, 0.29) is 18.7 Å². The van der Waals surface area contributed by atoms with Gasteiger partial charge in [0.15, 0.2) is 0 Å². The third-order valence-electron chi connectivity index (χ3n) is 2.56. The van der Waals surface area contributed by atoms with Crippen molar-refractivity contribution in [2.75, 3.05) is 46.6 Å². The fraction of sp³-hybridized carbons (Fsp3) is 1.00. The number of aliphatic hydroxyl groups excluding tert-OH is 1. The number of methoxy groups -OCH3 is 1. The van der Waals surface area contributed by atoms with Crippen LogP contribution in [0.15, 0.2) is 0 Å². The molecule has 1 heterocycles. The molecule has 0 aromatic carbocycles. The lowest BCUT2D eigenvalue weighted by Crippen LogP contribution is -2.55. The first-order valence-electron chi connectivity index (χ1n) is 4.96. The lowest BCUT2D eigenvalue weighted by molar-refractivity contribution is -0.0110. The summed E-state index contributed by atoms with van der Waals surface area (Å²) in [5, 5.41) is 9.26. The molecular weight excluding hydrogens is 184 g/mol. The van der Waals surface area contributed by atoms with E-state index in [2.05, 4.69) is 4.90 Å². The summed E-state index contributed by atoms with van der Waals surface area (Å²) >= 11 is 0. The molecule has 0 amide bonds. The van der Waals surface area contributed by atoms with E-state index in [0.717, 1.165) is 26.3 Å². The minimum atomic E-state index is -0.136. The molecule has 14 heavy (non-hydrogen) atoms. The molecule has 1 saturated heterocycles. The summed E-state index contributed by atoms with van der Waals surface area (Å²) in [5.74, 6) is 0. The fourth-order valence-electron chi connectivity index (χ4n) is 1.73. The Morgan fingerprint density at radius 2 is 2.14 bits per heavy atom. The van der Waals surface area contributed by atoms with E-state index < -0.39 is 0 Å². The van der Waals surface area contributed by atoms with Crippen LogP contribution >= 0.6 is 0 Å². The van der Waals surface area contributed by atoms with Crippen LogP contribution in [-0.2, 0) is 9.47 Å². The molecule has 5 heteroatoms. The van der Waals surface area contributed by atoms with Gasteiger partial charge in [0.25, 0.3) is 0 Å². The molecule has 1 rings (SSSR count). The smallest absolute Gasteiger partial charge is 0.0629 e. The van der Waals surface area contributed by atoms with Gasteiger partial charge in [-0.25, -0.2) is 0 Å². The van der Waals surface area contributed by atoms with Gasteiger partial charge in [0, 0.05) is 26.2 Å². The molecule has 5 nitrogen and oxygen atoms in total. The van der Waals surface area contributed by atoms with Gasteiger partial charge < -0.3 is 20.3 Å². The molecule has 0 bridgehead atoms. The Hall–Kier alpha value is -0.200. The molecule has 0 aromatic heterocycles. The maximum absolute atomic E-state index is 9.26. The van der Waals surface area contributed by atoms with Crippen LogP contribution in [0.25, 0.3) is 0 Å². The van der Waals surface area contributed by atoms with Gasteiger partial charge >= 0.3 is 0 Å². The Kier molecular flexibility index (Phi) is 5.36. The zero-order chi connectivity index (χ0) is 10.4. The normalized spacial score (nSPS) is 23.4. The summed E-state index contributed by atoms with van der Waals surface area (Å²) in [6.07, 6.45) is 0. The van der Waals surface area contributed by atoms with Crippen molar-refractivity contribution < 1.29 is 14.6 Å². The van der Waals surface area contributed by atoms with Gasteiger partial charge in [-0.15, -0.1) is 0 Å². The zero-order valence-corrected chi connectivity index (χ0v) is 8.69. The highest BCUT2D eigenvalue weighted by Gasteiger charge is 2.25. The van der Waals surface area contributed by atoms with Crippen molar-refractivity contribution in [1.82, 2.24) is 4.90 Å². The molecule has 3 N–H and O–H groups in total. The van der Waals surface area contributed by atoms with Crippen LogP contribution in [0.4, 0.5) is 0 Å². The minimum absolute atomic E-state index is 0.0150. The van der Waals surface area contributed by atoms with Gasteiger partial charge in [-0.2, -0.15) is 0 Å². The van der Waals surface area contributed by atoms with Gasteiger partial charge in [-0.05, 0) is 0 Å². The first kappa shape index (κ1) is 11.9. The Bertz CT molecular complexity index is 151. The second-order valence-electron chi connectivity index (χ2n) is 3.52. The van der Waals surface area contributed by atoms with Crippen LogP contribution in [0.1, 0.15) is 0 Å². The Morgan fingerprint density at radius 1 is 1.50 bits per heavy atom. The highest BCUT2D eigenvalue weighted by atomic mass is 16.5. The number of nitrogens with two attached hydrogens (primary N) is 1. The predicted octanol–water partition coefficient (Wildman–Crippen LogP) is -1.35. The van der Waals surface area contributed by atoms with Crippen molar-refractivity contribution in [3.8, 4) is 0 Å². The van der Waals surface area contributed by atoms with Crippen molar-refractivity contribution in [1.29, 1.82) is 0 Å². The first-order valence-corrected chi connectivity index (χ1v) is 4.96. The van der Waals surface area contributed by atoms with Gasteiger partial charge in [0.1, 0.15) is 0 Å². The van der Waals surface area contributed by atoms with Crippen molar-refractivity contribution in [3.05, 3.63) is 0 Å². The zero-order valence-electron chi connectivity index (χ0n) is 8.69. The number of hydrogen-bond acceptors (Lipinski definition) is 5. The monoisotopic (exact) mass is 204 g/mol. The van der Waals surface area contributed by atoms with E-state index in [4.69, 9.17) is 15.2 Å². The van der Waals surface area contributed by atoms with Crippen molar-refractivity contribution in [2.45, 2.75) is 12.1 Å². The number of aliphatic hydroxyl groups is 1. The molecule has 0 radical (unpaired) electrons. The molecule has 1 fully saturated rings. The highest BCUT2D eigenvalue weighted by Crippen LogP contribution is 2.06. The largest absolute Gasteiger partial charge is 0.395 e. The second kappa shape index (κ2) is 6.31. The maximum atomic E-state index is 9.26. The molecule has 2 unspecified atom stereocenters. The molecule has 0 aromatic rings. The standard InChI is InChI=1S/C9H20N2O3/c1-13-7-8(10)9(6-12)11-2-4-14-5-3-11/h8-9,12H,2-7,10H2,1H3. The van der Waals surface area contributed by atoms with Crippen LogP contribution in [0.3, 0.4) is 0 Å². The summed E-state index contributed by atoms with van der Waals surface area (Å²) < 4.78 is 10.2. The lowest BCUT2D eigenvalue weighted by Gasteiger charge is -2.36. The van der Waals surface area contributed by atoms with E-state index in [9.17, 15) is 5.11 Å². The van der Waals surface area contributed by atoms with Crippen molar-refractivity contribution in [2.24, 2.45) is 5.73 Å². The molecule has 0 saturated carbocycles. The average molecular weight is 204 g/mol. The summed E-state index contributed by atoms with van der Waals surface area (Å²) in [5.41, 5.74) is 5.90. The number of rotatable bonds is 5. The van der Waals surface area contributed by atoms with Gasteiger partial charge in [0.05, 0.1) is 32.5 Å². The van der Waals surface area contributed by atoms with Crippen LogP contribution < -0.4 is 5.73 Å². The highest BCUT2D eigenvalue weighted by molar-refractivity contribution is 4.82. The first-order chi connectivity index (χ1) is 6.79. The fourth-order valence-corrected chi connectivity index (χ4v) is 1.73. The van der Waals surface area contributed by atoms with E-state index >= 15 is 0 Å². The molecule has 0 spiro atoms. The number of ether oxygens (including phenoxy) is 2. The molecule has 1 aliphatic rings. The van der Waals surface area contributed by atoms with Crippen LogP contribution in [-0.4, -0.2) is 68.7 Å². The Balaban J connectivity index is 2.41. The summed E-state index contributed by atoms with van der Waals surface area (Å²) in [6, 6.07) is -0.151. The molecule has 2 atom stereocenters. The van der Waals surface area contributed by atoms with Gasteiger partial charge in [-0.3, -0.25) is 4.90 Å². The third-order valence-corrected chi connectivity index (χ3v) is 2.56. The van der Waals surface area contributed by atoms with Crippen LogP contribution in [0.5, 0.6) is 0 Å². The average Bonchev–Trinajstić information content (AvgIpc) is 2.21. The molecular formula is C9H20N2O3. The summed E-state index contributed by atoms with van der Waals surface area (Å²) in [6.45, 7) is 3.66. The summed E-state index contributed by atoms with van der Waals surface area (Å²) in [7, 11) is 1.62. The van der Waals surface area contributed by atoms with Crippen LogP contribution in [0, 0.1) is 0 Å². The molecule has 1 aliphatic heterocycles. The second-order valence-corrected chi connectivity index (χ2v) is 3.52. The SMILES string of the molecule is COCC(N)C(CO)N1CCOCC1. The molecule has 0 aliphatic carbocycles. The van der Waals surface area contributed by atoms with Crippen molar-refractivity contribution >= 4 is 0 Å². The number of nitrogens with zero attached hydrogens (tertiary/aromatic N) is 1. The molecule has 84 valence electrons.